The third-order valence-electron chi connectivity index (χ3n) is 4.72. The van der Waals surface area contributed by atoms with Crippen molar-refractivity contribution >= 4 is 17.0 Å². The van der Waals surface area contributed by atoms with Crippen LogP contribution in [0.1, 0.15) is 39.0 Å². The number of carboxylic acid groups (broad SMARTS) is 1. The molecule has 1 heterocycles. The van der Waals surface area contributed by atoms with Crippen molar-refractivity contribution in [1.29, 1.82) is 0 Å². The van der Waals surface area contributed by atoms with Crippen LogP contribution in [0.25, 0.3) is 16.7 Å². The maximum atomic E-state index is 10.7. The number of fused-ring (bicyclic) bond motifs is 1. The lowest BCUT2D eigenvalue weighted by Gasteiger charge is -2.08. The summed E-state index contributed by atoms with van der Waals surface area (Å²) in [7, 11) is 0. The van der Waals surface area contributed by atoms with Crippen LogP contribution in [0.3, 0.4) is 0 Å². The van der Waals surface area contributed by atoms with Gasteiger partial charge < -0.3 is 19.7 Å². The first-order chi connectivity index (χ1) is 15.0. The van der Waals surface area contributed by atoms with Crippen LogP contribution in [-0.4, -0.2) is 44.4 Å². The summed E-state index contributed by atoms with van der Waals surface area (Å²) in [5.74, 6) is 0.336. The van der Waals surface area contributed by atoms with Gasteiger partial charge in [-0.05, 0) is 49.9 Å². The summed E-state index contributed by atoms with van der Waals surface area (Å²) < 4.78 is 11.3. The molecule has 0 saturated carbocycles. The van der Waals surface area contributed by atoms with Crippen LogP contribution in [0, 0.1) is 0 Å². The Morgan fingerprint density at radius 1 is 1.00 bits per heavy atom. The lowest BCUT2D eigenvalue weighted by atomic mass is 10.1. The summed E-state index contributed by atoms with van der Waals surface area (Å²) >= 11 is 0. The van der Waals surface area contributed by atoms with Crippen LogP contribution in [-0.2, 0) is 4.79 Å². The van der Waals surface area contributed by atoms with Crippen LogP contribution in [0.2, 0.25) is 0 Å². The van der Waals surface area contributed by atoms with Gasteiger partial charge in [0.1, 0.15) is 34.0 Å². The minimum absolute atomic E-state index is 0.0359. The average Bonchev–Trinajstić information content (AvgIpc) is 3.16. The van der Waals surface area contributed by atoms with Crippen molar-refractivity contribution in [1.82, 2.24) is 15.0 Å². The summed E-state index contributed by atoms with van der Waals surface area (Å²) in [4.78, 5) is 12.1. The molecular formula is C23H27N3O5. The third kappa shape index (κ3) is 5.97. The van der Waals surface area contributed by atoms with Crippen molar-refractivity contribution in [2.45, 2.75) is 39.0 Å². The molecule has 0 bridgehead atoms. The Morgan fingerprint density at radius 3 is 2.39 bits per heavy atom. The first kappa shape index (κ1) is 22.1. The van der Waals surface area contributed by atoms with Crippen molar-refractivity contribution < 1.29 is 24.5 Å². The quantitative estimate of drug-likeness (QED) is 0.325. The third-order valence-corrected chi connectivity index (χ3v) is 4.72. The van der Waals surface area contributed by atoms with E-state index in [1.54, 1.807) is 30.3 Å². The van der Waals surface area contributed by atoms with Gasteiger partial charge in [0.25, 0.3) is 0 Å². The summed E-state index contributed by atoms with van der Waals surface area (Å²) in [6.45, 7) is 6.68. The molecule has 8 heteroatoms. The molecule has 0 atom stereocenters. The molecule has 164 valence electrons. The van der Waals surface area contributed by atoms with Crippen LogP contribution < -0.4 is 9.47 Å². The first-order valence-corrected chi connectivity index (χ1v) is 10.3. The highest BCUT2D eigenvalue weighted by molar-refractivity contribution is 5.85. The van der Waals surface area contributed by atoms with Gasteiger partial charge in [0.15, 0.2) is 0 Å². The highest BCUT2D eigenvalue weighted by atomic mass is 16.5. The van der Waals surface area contributed by atoms with Gasteiger partial charge >= 0.3 is 5.97 Å². The van der Waals surface area contributed by atoms with Crippen molar-refractivity contribution in [2.75, 3.05) is 13.2 Å². The fraction of sp³-hybridized carbons (Fsp3) is 0.348. The molecule has 8 nitrogen and oxygen atoms in total. The number of ether oxygens (including phenoxy) is 2. The van der Waals surface area contributed by atoms with Crippen LogP contribution in [0.4, 0.5) is 0 Å². The molecule has 0 spiro atoms. The van der Waals surface area contributed by atoms with E-state index in [0.717, 1.165) is 19.3 Å². The largest absolute Gasteiger partial charge is 0.505 e. The molecule has 0 aliphatic carbocycles. The summed E-state index contributed by atoms with van der Waals surface area (Å²) in [6, 6.07) is 10.5. The van der Waals surface area contributed by atoms with E-state index < -0.39 is 5.97 Å². The molecule has 3 rings (SSSR count). The second-order valence-electron chi connectivity index (χ2n) is 7.21. The molecule has 1 aromatic heterocycles. The Balaban J connectivity index is 1.61. The maximum absolute atomic E-state index is 10.7. The zero-order valence-electron chi connectivity index (χ0n) is 17.6. The van der Waals surface area contributed by atoms with E-state index in [0.29, 0.717) is 54.3 Å². The molecular weight excluding hydrogens is 398 g/mol. The zero-order chi connectivity index (χ0) is 22.2. The fourth-order valence-electron chi connectivity index (χ4n) is 2.93. The second-order valence-corrected chi connectivity index (χ2v) is 7.21. The molecule has 0 fully saturated rings. The molecule has 0 unspecified atom stereocenters. The molecule has 0 aliphatic rings. The Morgan fingerprint density at radius 2 is 1.68 bits per heavy atom. The number of aromatic nitrogens is 3. The molecule has 31 heavy (non-hydrogen) atoms. The summed E-state index contributed by atoms with van der Waals surface area (Å²) in [5, 5.41) is 28.0. The number of nitrogens with zero attached hydrogens (tertiary/aromatic N) is 3. The van der Waals surface area contributed by atoms with Crippen LogP contribution in [0.15, 0.2) is 48.6 Å². The Kier molecular flexibility index (Phi) is 7.48. The van der Waals surface area contributed by atoms with E-state index in [1.165, 1.54) is 4.80 Å². The van der Waals surface area contributed by atoms with Gasteiger partial charge in [0.05, 0.1) is 13.2 Å². The number of aliphatic carboxylic acids is 1. The number of phenolic OH excluding ortho intramolecular Hbond substituents is 1. The molecule has 2 N–H and O–H groups in total. The number of hydrogen-bond donors (Lipinski definition) is 2. The second kappa shape index (κ2) is 10.5. The SMILES string of the molecule is C=C(CCCCOc1ccc2nn(-c3ccc(OCCCC)cc3O)nc2c1)C(=O)O. The van der Waals surface area contributed by atoms with E-state index in [2.05, 4.69) is 23.7 Å². The van der Waals surface area contributed by atoms with E-state index in [1.807, 2.05) is 6.07 Å². The normalized spacial score (nSPS) is 10.9. The minimum Gasteiger partial charge on any atom is -0.505 e. The van der Waals surface area contributed by atoms with E-state index in [9.17, 15) is 9.90 Å². The van der Waals surface area contributed by atoms with Crippen LogP contribution in [0.5, 0.6) is 17.2 Å². The fourth-order valence-corrected chi connectivity index (χ4v) is 2.93. The lowest BCUT2D eigenvalue weighted by molar-refractivity contribution is -0.132. The number of unbranched alkanes of at least 4 members (excludes halogenated alkanes) is 2. The van der Waals surface area contributed by atoms with E-state index in [4.69, 9.17) is 14.6 Å². The predicted octanol–water partition coefficient (Wildman–Crippen LogP) is 4.49. The van der Waals surface area contributed by atoms with E-state index >= 15 is 0 Å². The van der Waals surface area contributed by atoms with Crippen molar-refractivity contribution in [3.05, 3.63) is 48.6 Å². The highest BCUT2D eigenvalue weighted by Crippen LogP contribution is 2.27. The standard InChI is InChI=1S/C23H27N3O5/c1-3-4-12-30-18-9-11-21(22(27)15-18)26-24-19-10-8-17(14-20(19)25-26)31-13-6-5-7-16(2)23(28)29/h8-11,14-15,27H,2-7,12-13H2,1H3,(H,28,29). The predicted molar refractivity (Wildman–Crippen MR) is 117 cm³/mol. The minimum atomic E-state index is -0.959. The van der Waals surface area contributed by atoms with Gasteiger partial charge in [-0.15, -0.1) is 15.0 Å². The summed E-state index contributed by atoms with van der Waals surface area (Å²) in [6.07, 6.45) is 3.85. The smallest absolute Gasteiger partial charge is 0.330 e. The zero-order valence-corrected chi connectivity index (χ0v) is 17.6. The van der Waals surface area contributed by atoms with Crippen molar-refractivity contribution in [3.63, 3.8) is 0 Å². The number of benzene rings is 2. The van der Waals surface area contributed by atoms with Crippen LogP contribution >= 0.6 is 0 Å². The van der Waals surface area contributed by atoms with Gasteiger partial charge in [-0.25, -0.2) is 4.79 Å². The summed E-state index contributed by atoms with van der Waals surface area (Å²) in [5.41, 5.74) is 1.98. The number of carbonyl (C=O) groups is 1. The molecule has 0 amide bonds. The molecule has 0 saturated heterocycles. The Labute approximate surface area is 180 Å². The first-order valence-electron chi connectivity index (χ1n) is 10.3. The number of carboxylic acids is 1. The number of aromatic hydroxyl groups is 1. The van der Waals surface area contributed by atoms with Crippen molar-refractivity contribution in [2.24, 2.45) is 0 Å². The van der Waals surface area contributed by atoms with Gasteiger partial charge in [0, 0.05) is 17.7 Å². The van der Waals surface area contributed by atoms with Crippen molar-refractivity contribution in [3.8, 4) is 22.9 Å². The molecule has 2 aromatic carbocycles. The van der Waals surface area contributed by atoms with Gasteiger partial charge in [0.2, 0.25) is 0 Å². The highest BCUT2D eigenvalue weighted by Gasteiger charge is 2.11. The maximum Gasteiger partial charge on any atom is 0.330 e. The van der Waals surface area contributed by atoms with Gasteiger partial charge in [-0.1, -0.05) is 19.9 Å². The monoisotopic (exact) mass is 425 g/mol. The molecule has 3 aromatic rings. The number of rotatable bonds is 12. The van der Waals surface area contributed by atoms with E-state index in [-0.39, 0.29) is 11.3 Å². The topological polar surface area (TPSA) is 107 Å². The molecule has 0 radical (unpaired) electrons. The van der Waals surface area contributed by atoms with Gasteiger partial charge in [-0.3, -0.25) is 0 Å². The lowest BCUT2D eigenvalue weighted by Crippen LogP contribution is -2.01. The number of phenols is 1. The van der Waals surface area contributed by atoms with Gasteiger partial charge in [-0.2, -0.15) is 0 Å². The Hall–Kier alpha value is -3.55. The molecule has 0 aliphatic heterocycles. The number of hydrogen-bond acceptors (Lipinski definition) is 6. The Bertz CT molecular complexity index is 1060. The average molecular weight is 425 g/mol.